The van der Waals surface area contributed by atoms with Gasteiger partial charge in [0.2, 0.25) is 0 Å². The molecule has 2 fully saturated rings. The minimum Gasteiger partial charge on any atom is -0.376 e. The van der Waals surface area contributed by atoms with Crippen LogP contribution in [-0.4, -0.2) is 45.0 Å². The van der Waals surface area contributed by atoms with Gasteiger partial charge in [-0.05, 0) is 24.5 Å². The first kappa shape index (κ1) is 19.9. The Kier molecular flexibility index (Phi) is 6.26. The first-order chi connectivity index (χ1) is 12.9. The SMILES string of the molecule is O=C(NCC1COCCO1)NCC1(c2cccc(C(F)(F)F)c2)CCCC1. The van der Waals surface area contributed by atoms with Crippen molar-refractivity contribution in [2.45, 2.75) is 43.4 Å². The smallest absolute Gasteiger partial charge is 0.376 e. The van der Waals surface area contributed by atoms with E-state index < -0.39 is 17.2 Å². The van der Waals surface area contributed by atoms with Crippen molar-refractivity contribution in [2.75, 3.05) is 32.9 Å². The van der Waals surface area contributed by atoms with Crippen molar-refractivity contribution in [2.24, 2.45) is 0 Å². The highest BCUT2D eigenvalue weighted by Crippen LogP contribution is 2.42. The fourth-order valence-corrected chi connectivity index (χ4v) is 3.82. The van der Waals surface area contributed by atoms with Crippen molar-refractivity contribution < 1.29 is 27.4 Å². The van der Waals surface area contributed by atoms with E-state index in [9.17, 15) is 18.0 Å². The van der Waals surface area contributed by atoms with Gasteiger partial charge < -0.3 is 20.1 Å². The lowest BCUT2D eigenvalue weighted by Crippen LogP contribution is -2.47. The number of alkyl halides is 3. The average molecular weight is 386 g/mol. The lowest BCUT2D eigenvalue weighted by atomic mass is 9.78. The molecule has 1 aromatic rings. The Labute approximate surface area is 156 Å². The van der Waals surface area contributed by atoms with Crippen LogP contribution in [0.2, 0.25) is 0 Å². The van der Waals surface area contributed by atoms with Crippen molar-refractivity contribution in [3.05, 3.63) is 35.4 Å². The Hall–Kier alpha value is -1.80. The van der Waals surface area contributed by atoms with Gasteiger partial charge in [0.05, 0.1) is 31.5 Å². The van der Waals surface area contributed by atoms with Gasteiger partial charge in [-0.15, -0.1) is 0 Å². The number of hydrogen-bond donors (Lipinski definition) is 2. The first-order valence-corrected chi connectivity index (χ1v) is 9.28. The molecule has 8 heteroatoms. The highest BCUT2D eigenvalue weighted by molar-refractivity contribution is 5.74. The second-order valence-corrected chi connectivity index (χ2v) is 7.20. The molecule has 5 nitrogen and oxygen atoms in total. The molecular weight excluding hydrogens is 361 g/mol. The van der Waals surface area contributed by atoms with Crippen molar-refractivity contribution in [1.29, 1.82) is 0 Å². The third-order valence-electron chi connectivity index (χ3n) is 5.33. The zero-order valence-electron chi connectivity index (χ0n) is 15.1. The number of benzene rings is 1. The molecule has 2 N–H and O–H groups in total. The Morgan fingerprint density at radius 2 is 1.96 bits per heavy atom. The van der Waals surface area contributed by atoms with Gasteiger partial charge in [0.25, 0.3) is 0 Å². The third-order valence-corrected chi connectivity index (χ3v) is 5.33. The van der Waals surface area contributed by atoms with Gasteiger partial charge in [-0.2, -0.15) is 13.2 Å². The molecular formula is C19H25F3N2O3. The van der Waals surface area contributed by atoms with Crippen molar-refractivity contribution in [1.82, 2.24) is 10.6 Å². The third kappa shape index (κ3) is 5.13. The number of hydrogen-bond acceptors (Lipinski definition) is 3. The van der Waals surface area contributed by atoms with Crippen LogP contribution in [0.15, 0.2) is 24.3 Å². The summed E-state index contributed by atoms with van der Waals surface area (Å²) >= 11 is 0. The predicted molar refractivity (Wildman–Crippen MR) is 93.6 cm³/mol. The lowest BCUT2D eigenvalue weighted by Gasteiger charge is -2.31. The van der Waals surface area contributed by atoms with E-state index in [2.05, 4.69) is 10.6 Å². The largest absolute Gasteiger partial charge is 0.416 e. The molecule has 0 aromatic heterocycles. The summed E-state index contributed by atoms with van der Waals surface area (Å²) in [6, 6.07) is 5.13. The van der Waals surface area contributed by atoms with Crippen LogP contribution < -0.4 is 10.6 Å². The van der Waals surface area contributed by atoms with Crippen molar-refractivity contribution >= 4 is 6.03 Å². The molecule has 1 saturated carbocycles. The van der Waals surface area contributed by atoms with E-state index in [0.29, 0.717) is 38.5 Å². The zero-order valence-corrected chi connectivity index (χ0v) is 15.1. The van der Waals surface area contributed by atoms with Gasteiger partial charge in [-0.1, -0.05) is 31.0 Å². The van der Waals surface area contributed by atoms with E-state index in [4.69, 9.17) is 9.47 Å². The van der Waals surface area contributed by atoms with Gasteiger partial charge >= 0.3 is 12.2 Å². The normalized spacial score (nSPS) is 22.4. The second-order valence-electron chi connectivity index (χ2n) is 7.20. The Morgan fingerprint density at radius 1 is 1.19 bits per heavy atom. The van der Waals surface area contributed by atoms with Gasteiger partial charge in [0.1, 0.15) is 0 Å². The summed E-state index contributed by atoms with van der Waals surface area (Å²) in [6.45, 7) is 2.15. The van der Waals surface area contributed by atoms with Gasteiger partial charge in [0.15, 0.2) is 0 Å². The van der Waals surface area contributed by atoms with Gasteiger partial charge in [-0.25, -0.2) is 4.79 Å². The number of ether oxygens (including phenoxy) is 2. The molecule has 0 bridgehead atoms. The predicted octanol–water partition coefficient (Wildman–Crippen LogP) is 3.23. The van der Waals surface area contributed by atoms with Crippen LogP contribution in [0.1, 0.15) is 36.8 Å². The minimum absolute atomic E-state index is 0.173. The molecule has 3 rings (SSSR count). The highest BCUT2D eigenvalue weighted by atomic mass is 19.4. The number of halogens is 3. The van der Waals surface area contributed by atoms with Crippen molar-refractivity contribution in [3.63, 3.8) is 0 Å². The van der Waals surface area contributed by atoms with E-state index in [1.54, 1.807) is 6.07 Å². The summed E-state index contributed by atoms with van der Waals surface area (Å²) in [4.78, 5) is 12.1. The summed E-state index contributed by atoms with van der Waals surface area (Å²) in [7, 11) is 0. The van der Waals surface area contributed by atoms with Crippen molar-refractivity contribution in [3.8, 4) is 0 Å². The summed E-state index contributed by atoms with van der Waals surface area (Å²) in [6.07, 6.45) is -1.15. The number of urea groups is 1. The van der Waals surface area contributed by atoms with E-state index in [0.717, 1.165) is 31.7 Å². The maximum atomic E-state index is 13.1. The monoisotopic (exact) mass is 386 g/mol. The van der Waals surface area contributed by atoms with E-state index in [1.165, 1.54) is 12.1 Å². The molecule has 2 aliphatic rings. The molecule has 1 atom stereocenters. The maximum absolute atomic E-state index is 13.1. The van der Waals surface area contributed by atoms with Crippen LogP contribution >= 0.6 is 0 Å². The molecule has 0 radical (unpaired) electrons. The van der Waals surface area contributed by atoms with E-state index in [-0.39, 0.29) is 12.1 Å². The van der Waals surface area contributed by atoms with E-state index >= 15 is 0 Å². The fraction of sp³-hybridized carbons (Fsp3) is 0.632. The van der Waals surface area contributed by atoms with Gasteiger partial charge in [-0.3, -0.25) is 0 Å². The topological polar surface area (TPSA) is 59.6 Å². The summed E-state index contributed by atoms with van der Waals surface area (Å²) < 4.78 is 50.0. The Morgan fingerprint density at radius 3 is 2.63 bits per heavy atom. The Balaban J connectivity index is 1.61. The standard InChI is InChI=1S/C19H25F3N2O3/c20-19(21,22)15-5-3-4-14(10-15)18(6-1-2-7-18)13-24-17(25)23-11-16-12-26-8-9-27-16/h3-5,10,16H,1-2,6-9,11-13H2,(H2,23,24,25). The van der Waals surface area contributed by atoms with Gasteiger partial charge in [0, 0.05) is 18.5 Å². The molecule has 1 aromatic carbocycles. The zero-order chi connectivity index (χ0) is 19.3. The molecule has 1 aliphatic heterocycles. The number of carbonyl (C=O) groups excluding carboxylic acids is 1. The summed E-state index contributed by atoms with van der Waals surface area (Å²) in [5.41, 5.74) is -0.465. The number of nitrogens with one attached hydrogen (secondary N) is 2. The average Bonchev–Trinajstić information content (AvgIpc) is 3.15. The fourth-order valence-electron chi connectivity index (χ4n) is 3.82. The summed E-state index contributed by atoms with van der Waals surface area (Å²) in [5, 5.41) is 5.58. The molecule has 150 valence electrons. The Bertz CT molecular complexity index is 639. The molecule has 1 saturated heterocycles. The molecule has 1 heterocycles. The van der Waals surface area contributed by atoms with Crippen LogP contribution in [0.3, 0.4) is 0 Å². The number of carbonyl (C=O) groups is 1. The molecule has 27 heavy (non-hydrogen) atoms. The molecule has 0 spiro atoms. The number of rotatable bonds is 5. The van der Waals surface area contributed by atoms with Crippen LogP contribution in [-0.2, 0) is 21.1 Å². The van der Waals surface area contributed by atoms with Crippen LogP contribution in [0.25, 0.3) is 0 Å². The van der Waals surface area contributed by atoms with Crippen LogP contribution in [0.4, 0.5) is 18.0 Å². The minimum atomic E-state index is -4.37. The summed E-state index contributed by atoms with van der Waals surface area (Å²) in [5.74, 6) is 0. The van der Waals surface area contributed by atoms with Crippen LogP contribution in [0, 0.1) is 0 Å². The number of amides is 2. The second kappa shape index (κ2) is 8.48. The van der Waals surface area contributed by atoms with E-state index in [1.807, 2.05) is 0 Å². The maximum Gasteiger partial charge on any atom is 0.416 e. The lowest BCUT2D eigenvalue weighted by molar-refractivity contribution is -0.137. The highest BCUT2D eigenvalue weighted by Gasteiger charge is 2.38. The molecule has 1 aliphatic carbocycles. The first-order valence-electron chi connectivity index (χ1n) is 9.28. The quantitative estimate of drug-likeness (QED) is 0.817. The molecule has 1 unspecified atom stereocenters. The van der Waals surface area contributed by atoms with Crippen LogP contribution in [0.5, 0.6) is 0 Å². The molecule has 2 amide bonds.